The van der Waals surface area contributed by atoms with Crippen LogP contribution in [0.3, 0.4) is 0 Å². The number of fused-ring (bicyclic) bond motifs is 1. The van der Waals surface area contributed by atoms with Crippen LogP contribution in [-0.4, -0.2) is 34.6 Å². The Morgan fingerprint density at radius 3 is 2.41 bits per heavy atom. The van der Waals surface area contributed by atoms with Gasteiger partial charge >= 0.3 is 0 Å². The monoisotopic (exact) mass is 456 g/mol. The van der Waals surface area contributed by atoms with Gasteiger partial charge in [-0.1, -0.05) is 66.6 Å². The highest BCUT2D eigenvalue weighted by atomic mass is 16.6. The van der Waals surface area contributed by atoms with E-state index in [1.54, 1.807) is 0 Å². The molecule has 0 aliphatic heterocycles. The topological polar surface area (TPSA) is 69.0 Å². The highest BCUT2D eigenvalue weighted by Gasteiger charge is 2.22. The maximum atomic E-state index is 5.83. The number of hydrogen-bond acceptors (Lipinski definition) is 6. The minimum atomic E-state index is -0.285. The molecule has 0 N–H and O–H groups in total. The largest absolute Gasteiger partial charge is 0.395 e. The van der Waals surface area contributed by atoms with Gasteiger partial charge in [-0.25, -0.2) is 0 Å². The SMILES string of the molecule is Cc1cccc(/C(=N/OCC(C)(C)CO/N=C2\CCCc3ccc(C)nc32)c2ccccc2)n1. The number of hydrogen-bond donors (Lipinski definition) is 0. The van der Waals surface area contributed by atoms with Crippen LogP contribution in [0, 0.1) is 19.3 Å². The molecule has 0 bridgehead atoms. The summed E-state index contributed by atoms with van der Waals surface area (Å²) in [7, 11) is 0. The van der Waals surface area contributed by atoms with E-state index in [4.69, 9.17) is 9.68 Å². The van der Waals surface area contributed by atoms with Crippen molar-refractivity contribution in [2.75, 3.05) is 13.2 Å². The Morgan fingerprint density at radius 2 is 1.62 bits per heavy atom. The third-order valence-electron chi connectivity index (χ3n) is 5.67. The first kappa shape index (κ1) is 23.6. The van der Waals surface area contributed by atoms with Gasteiger partial charge in [0.2, 0.25) is 0 Å². The molecule has 0 radical (unpaired) electrons. The minimum Gasteiger partial charge on any atom is -0.395 e. The zero-order valence-electron chi connectivity index (χ0n) is 20.4. The molecule has 0 saturated carbocycles. The number of aromatic nitrogens is 2. The normalized spacial score (nSPS) is 15.2. The second-order valence-corrected chi connectivity index (χ2v) is 9.53. The van der Waals surface area contributed by atoms with Gasteiger partial charge in [-0.15, -0.1) is 0 Å². The van der Waals surface area contributed by atoms with Gasteiger partial charge in [0, 0.05) is 22.4 Å². The maximum Gasteiger partial charge on any atom is 0.135 e. The highest BCUT2D eigenvalue weighted by molar-refractivity contribution is 6.11. The van der Waals surface area contributed by atoms with Crippen LogP contribution in [0.15, 0.2) is 71.0 Å². The predicted octanol–water partition coefficient (Wildman–Crippen LogP) is 5.65. The fourth-order valence-electron chi connectivity index (χ4n) is 3.81. The van der Waals surface area contributed by atoms with Crippen molar-refractivity contribution in [3.05, 3.63) is 94.6 Å². The first-order valence-electron chi connectivity index (χ1n) is 11.8. The summed E-state index contributed by atoms with van der Waals surface area (Å²) in [6.07, 6.45) is 2.99. The number of rotatable bonds is 8. The van der Waals surface area contributed by atoms with Crippen molar-refractivity contribution in [1.29, 1.82) is 0 Å². The van der Waals surface area contributed by atoms with Crippen molar-refractivity contribution in [2.45, 2.75) is 47.0 Å². The van der Waals surface area contributed by atoms with E-state index >= 15 is 0 Å². The van der Waals surface area contributed by atoms with Gasteiger partial charge in [-0.05, 0) is 56.9 Å². The Morgan fingerprint density at radius 1 is 0.853 bits per heavy atom. The lowest BCUT2D eigenvalue weighted by Crippen LogP contribution is -2.25. The molecule has 4 rings (SSSR count). The van der Waals surface area contributed by atoms with E-state index in [2.05, 4.69) is 46.3 Å². The standard InChI is InChI=1S/C28H32N4O2/c1-20-10-8-14-24(29-20)27(22-11-6-5-7-12-22)32-34-19-28(3,4)18-33-31-25-15-9-13-23-17-16-21(2)30-26(23)25/h5-8,10-12,14,16-17H,9,13,15,18-19H2,1-4H3/b31-25+,32-27+. The van der Waals surface area contributed by atoms with Crippen molar-refractivity contribution in [3.8, 4) is 0 Å². The molecule has 6 nitrogen and oxygen atoms in total. The van der Waals surface area contributed by atoms with Crippen LogP contribution in [0.25, 0.3) is 0 Å². The fraction of sp³-hybridized carbons (Fsp3) is 0.357. The molecule has 1 aliphatic rings. The van der Waals surface area contributed by atoms with Gasteiger partial charge in [0.1, 0.15) is 24.6 Å². The van der Waals surface area contributed by atoms with Gasteiger partial charge in [-0.2, -0.15) is 0 Å². The van der Waals surface area contributed by atoms with E-state index in [0.717, 1.165) is 53.3 Å². The Labute approximate surface area is 201 Å². The zero-order valence-corrected chi connectivity index (χ0v) is 20.4. The van der Waals surface area contributed by atoms with E-state index in [1.807, 2.05) is 62.4 Å². The Hall–Kier alpha value is -3.54. The molecule has 0 atom stereocenters. The van der Waals surface area contributed by atoms with Crippen LogP contribution in [0.4, 0.5) is 0 Å². The summed E-state index contributed by atoms with van der Waals surface area (Å²) in [5.41, 5.74) is 7.24. The van der Waals surface area contributed by atoms with Crippen LogP contribution >= 0.6 is 0 Å². The Bertz CT molecular complexity index is 1190. The van der Waals surface area contributed by atoms with E-state index in [-0.39, 0.29) is 5.41 Å². The number of benzene rings is 1. The van der Waals surface area contributed by atoms with E-state index in [1.165, 1.54) is 5.56 Å². The van der Waals surface area contributed by atoms with Crippen LogP contribution < -0.4 is 0 Å². The molecule has 0 fully saturated rings. The number of pyridine rings is 2. The third-order valence-corrected chi connectivity index (χ3v) is 5.67. The lowest BCUT2D eigenvalue weighted by atomic mass is 9.94. The predicted molar refractivity (Wildman–Crippen MR) is 135 cm³/mol. The molecule has 3 aromatic rings. The summed E-state index contributed by atoms with van der Waals surface area (Å²) in [6.45, 7) is 8.92. The minimum absolute atomic E-state index is 0.285. The number of oxime groups is 2. The zero-order chi connectivity index (χ0) is 24.0. The molecule has 6 heteroatoms. The maximum absolute atomic E-state index is 5.83. The van der Waals surface area contributed by atoms with Crippen molar-refractivity contribution >= 4 is 11.4 Å². The van der Waals surface area contributed by atoms with Crippen LogP contribution in [0.2, 0.25) is 0 Å². The number of nitrogens with zero attached hydrogens (tertiary/aromatic N) is 4. The summed E-state index contributed by atoms with van der Waals surface area (Å²) < 4.78 is 0. The molecule has 0 spiro atoms. The van der Waals surface area contributed by atoms with Crippen molar-refractivity contribution in [1.82, 2.24) is 9.97 Å². The molecule has 0 saturated heterocycles. The van der Waals surface area contributed by atoms with Crippen molar-refractivity contribution in [2.24, 2.45) is 15.7 Å². The molecule has 2 heterocycles. The summed E-state index contributed by atoms with van der Waals surface area (Å²) in [5, 5.41) is 8.93. The van der Waals surface area contributed by atoms with Gasteiger partial charge in [0.15, 0.2) is 0 Å². The van der Waals surface area contributed by atoms with Gasteiger partial charge < -0.3 is 9.68 Å². The molecule has 34 heavy (non-hydrogen) atoms. The second kappa shape index (κ2) is 10.6. The smallest absolute Gasteiger partial charge is 0.135 e. The number of aryl methyl sites for hydroxylation is 3. The summed E-state index contributed by atoms with van der Waals surface area (Å²) >= 11 is 0. The first-order chi connectivity index (χ1) is 16.4. The highest BCUT2D eigenvalue weighted by Crippen LogP contribution is 2.22. The lowest BCUT2D eigenvalue weighted by Gasteiger charge is -2.22. The fourth-order valence-corrected chi connectivity index (χ4v) is 3.81. The van der Waals surface area contributed by atoms with Gasteiger partial charge in [0.05, 0.1) is 11.4 Å². The van der Waals surface area contributed by atoms with E-state index in [9.17, 15) is 0 Å². The van der Waals surface area contributed by atoms with E-state index < -0.39 is 0 Å². The average Bonchev–Trinajstić information content (AvgIpc) is 2.82. The quantitative estimate of drug-likeness (QED) is 0.325. The van der Waals surface area contributed by atoms with Crippen molar-refractivity contribution < 1.29 is 9.68 Å². The molecule has 2 aromatic heterocycles. The lowest BCUT2D eigenvalue weighted by molar-refractivity contribution is -0.0000659. The molecule has 176 valence electrons. The summed E-state index contributed by atoms with van der Waals surface area (Å²) in [5.74, 6) is 0. The molecular formula is C28H32N4O2. The summed E-state index contributed by atoms with van der Waals surface area (Å²) in [6, 6.07) is 20.1. The van der Waals surface area contributed by atoms with Gasteiger partial charge in [-0.3, -0.25) is 9.97 Å². The molecule has 0 unspecified atom stereocenters. The molecule has 1 aromatic carbocycles. The van der Waals surface area contributed by atoms with E-state index in [0.29, 0.717) is 18.9 Å². The van der Waals surface area contributed by atoms with Crippen LogP contribution in [0.5, 0.6) is 0 Å². The van der Waals surface area contributed by atoms with Crippen LogP contribution in [0.1, 0.15) is 60.6 Å². The van der Waals surface area contributed by atoms with Gasteiger partial charge in [0.25, 0.3) is 0 Å². The molecule has 1 aliphatic carbocycles. The Balaban J connectivity index is 1.42. The Kier molecular flexibility index (Phi) is 7.36. The molecular weight excluding hydrogens is 424 g/mol. The first-order valence-corrected chi connectivity index (χ1v) is 11.8. The van der Waals surface area contributed by atoms with Crippen molar-refractivity contribution in [3.63, 3.8) is 0 Å². The average molecular weight is 457 g/mol. The second-order valence-electron chi connectivity index (χ2n) is 9.53. The molecule has 0 amide bonds. The van der Waals surface area contributed by atoms with Crippen LogP contribution in [-0.2, 0) is 16.1 Å². The summed E-state index contributed by atoms with van der Waals surface area (Å²) in [4.78, 5) is 20.9. The third kappa shape index (κ3) is 6.07.